The van der Waals surface area contributed by atoms with Crippen molar-refractivity contribution in [2.45, 2.75) is 40.0 Å². The van der Waals surface area contributed by atoms with Gasteiger partial charge in [0.2, 0.25) is 16.6 Å². The molecule has 0 unspecified atom stereocenters. The monoisotopic (exact) mass is 430 g/mol. The Kier molecular flexibility index (Phi) is 7.56. The van der Waals surface area contributed by atoms with Crippen molar-refractivity contribution in [3.05, 3.63) is 70.8 Å². The Morgan fingerprint density at radius 3 is 1.28 bits per heavy atom. The molecule has 0 aromatic heterocycles. The quantitative estimate of drug-likeness (QED) is 0.444. The number of ether oxygens (including phenoxy) is 2. The fraction of sp³-hybridized carbons (Fsp3) is 0.364. The molecule has 0 N–H and O–H groups in total. The molecule has 0 aliphatic carbocycles. The van der Waals surface area contributed by atoms with Gasteiger partial charge in [-0.3, -0.25) is 0 Å². The van der Waals surface area contributed by atoms with Crippen LogP contribution in [0.15, 0.2) is 48.5 Å². The number of esters is 2. The lowest BCUT2D eigenvalue weighted by Gasteiger charge is -2.33. The maximum Gasteiger partial charge on any atom is 0.337 e. The number of benzene rings is 2. The summed E-state index contributed by atoms with van der Waals surface area (Å²) in [6, 6.07) is 14.6. The third-order valence-electron chi connectivity index (χ3n) is 4.23. The van der Waals surface area contributed by atoms with E-state index in [0.29, 0.717) is 11.1 Å². The number of aryl methyl sites for hydroxylation is 2. The Morgan fingerprint density at radius 1 is 0.655 bits per heavy atom. The Hall–Kier alpha value is -2.23. The van der Waals surface area contributed by atoms with Gasteiger partial charge in [-0.2, -0.15) is 0 Å². The molecule has 0 aliphatic rings. The lowest BCUT2D eigenvalue weighted by Crippen LogP contribution is -2.51. The second-order valence-electron chi connectivity index (χ2n) is 8.51. The number of carbonyl (C=O) groups is 2. The van der Waals surface area contributed by atoms with E-state index in [1.165, 1.54) is 0 Å². The first-order valence-electron chi connectivity index (χ1n) is 9.65. The van der Waals surface area contributed by atoms with Crippen molar-refractivity contribution >= 4 is 28.6 Å². The molecule has 2 aromatic carbocycles. The Morgan fingerprint density at radius 2 is 0.966 bits per heavy atom. The van der Waals surface area contributed by atoms with Gasteiger partial charge >= 0.3 is 11.9 Å². The van der Waals surface area contributed by atoms with Crippen LogP contribution in [0.1, 0.15) is 31.8 Å². The highest BCUT2D eigenvalue weighted by Crippen LogP contribution is 2.17. The van der Waals surface area contributed by atoms with Gasteiger partial charge in [-0.15, -0.1) is 0 Å². The van der Waals surface area contributed by atoms with E-state index in [0.717, 1.165) is 11.1 Å². The number of hydrogen-bond donors (Lipinski definition) is 0. The molecule has 156 valence electrons. The largest absolute Gasteiger partial charge is 0.463 e. The molecular formula is C22H30O5Si2. The van der Waals surface area contributed by atoms with Gasteiger partial charge in [0.25, 0.3) is 0 Å². The maximum atomic E-state index is 12.3. The smallest absolute Gasteiger partial charge is 0.337 e. The molecule has 0 saturated carbocycles. The van der Waals surface area contributed by atoms with Gasteiger partial charge in [-0.05, 0) is 64.3 Å². The van der Waals surface area contributed by atoms with E-state index >= 15 is 0 Å². The van der Waals surface area contributed by atoms with Gasteiger partial charge < -0.3 is 13.6 Å². The Balaban J connectivity index is 1.86. The minimum Gasteiger partial charge on any atom is -0.463 e. The molecule has 7 heteroatoms. The molecule has 0 fully saturated rings. The highest BCUT2D eigenvalue weighted by molar-refractivity contribution is 6.84. The van der Waals surface area contributed by atoms with Crippen LogP contribution in [0.5, 0.6) is 0 Å². The second-order valence-corrected chi connectivity index (χ2v) is 16.9. The number of hydrogen-bond acceptors (Lipinski definition) is 5. The highest BCUT2D eigenvalue weighted by atomic mass is 28.4. The van der Waals surface area contributed by atoms with Crippen molar-refractivity contribution in [1.29, 1.82) is 0 Å². The van der Waals surface area contributed by atoms with Crippen LogP contribution in [-0.2, 0) is 13.6 Å². The Labute approximate surface area is 175 Å². The van der Waals surface area contributed by atoms with E-state index < -0.39 is 16.6 Å². The maximum absolute atomic E-state index is 12.3. The molecule has 0 radical (unpaired) electrons. The number of carbonyl (C=O) groups excluding carboxylic acids is 2. The van der Waals surface area contributed by atoms with Crippen LogP contribution >= 0.6 is 0 Å². The molecule has 29 heavy (non-hydrogen) atoms. The zero-order valence-electron chi connectivity index (χ0n) is 18.1. The first-order valence-corrected chi connectivity index (χ1v) is 15.9. The van der Waals surface area contributed by atoms with Gasteiger partial charge in [0.1, 0.15) is 12.5 Å². The summed E-state index contributed by atoms with van der Waals surface area (Å²) in [7, 11) is -4.55. The van der Waals surface area contributed by atoms with Gasteiger partial charge in [0, 0.05) is 0 Å². The van der Waals surface area contributed by atoms with Crippen molar-refractivity contribution < 1.29 is 23.2 Å². The van der Waals surface area contributed by atoms with Gasteiger partial charge in [-0.25, -0.2) is 9.59 Å². The van der Waals surface area contributed by atoms with E-state index in [1.807, 2.05) is 64.3 Å². The summed E-state index contributed by atoms with van der Waals surface area (Å²) in [5.74, 6) is -0.695. The molecule has 0 saturated heterocycles. The second kappa shape index (κ2) is 9.51. The summed E-state index contributed by atoms with van der Waals surface area (Å²) < 4.78 is 17.4. The van der Waals surface area contributed by atoms with Gasteiger partial charge in [0.05, 0.1) is 11.1 Å². The standard InChI is InChI=1S/C22H30O5Si2/c1-17-7-11-19(12-8-17)21(23)25-15-28(3,4)27-29(5,6)16-26-22(24)20-13-9-18(2)10-14-20/h7-14H,15-16H2,1-6H3. The summed E-state index contributed by atoms with van der Waals surface area (Å²) in [6.07, 6.45) is 0.504. The van der Waals surface area contributed by atoms with Crippen molar-refractivity contribution in [2.75, 3.05) is 12.5 Å². The summed E-state index contributed by atoms with van der Waals surface area (Å²) in [6.45, 7) is 12.0. The van der Waals surface area contributed by atoms with Crippen LogP contribution in [-0.4, -0.2) is 41.0 Å². The van der Waals surface area contributed by atoms with E-state index in [9.17, 15) is 9.59 Å². The summed E-state index contributed by atoms with van der Waals surface area (Å²) in [4.78, 5) is 24.5. The first-order chi connectivity index (χ1) is 13.5. The molecule has 0 bridgehead atoms. The van der Waals surface area contributed by atoms with Crippen molar-refractivity contribution in [3.63, 3.8) is 0 Å². The Bertz CT molecular complexity index is 771. The molecule has 0 aliphatic heterocycles. The van der Waals surface area contributed by atoms with E-state index in [-0.39, 0.29) is 24.4 Å². The SMILES string of the molecule is Cc1ccc(C(=O)OC[Si](C)(C)O[Si](C)(C)COC(=O)c2ccc(C)cc2)cc1. The van der Waals surface area contributed by atoms with Crippen LogP contribution in [0.25, 0.3) is 0 Å². The third-order valence-corrected chi connectivity index (χ3v) is 10.3. The molecule has 0 atom stereocenters. The topological polar surface area (TPSA) is 61.8 Å². The summed E-state index contributed by atoms with van der Waals surface area (Å²) in [5, 5.41) is 0. The van der Waals surface area contributed by atoms with Crippen LogP contribution in [0.2, 0.25) is 26.2 Å². The van der Waals surface area contributed by atoms with Crippen LogP contribution in [0.4, 0.5) is 0 Å². The van der Waals surface area contributed by atoms with Crippen LogP contribution in [0.3, 0.4) is 0 Å². The van der Waals surface area contributed by atoms with Gasteiger partial charge in [-0.1, -0.05) is 35.4 Å². The summed E-state index contributed by atoms with van der Waals surface area (Å²) in [5.41, 5.74) is 3.24. The normalized spacial score (nSPS) is 11.8. The van der Waals surface area contributed by atoms with Crippen molar-refractivity contribution in [2.24, 2.45) is 0 Å². The molecular weight excluding hydrogens is 400 g/mol. The zero-order valence-corrected chi connectivity index (χ0v) is 20.1. The van der Waals surface area contributed by atoms with E-state index in [4.69, 9.17) is 13.6 Å². The van der Waals surface area contributed by atoms with Crippen LogP contribution in [0, 0.1) is 13.8 Å². The molecule has 2 aromatic rings. The summed E-state index contributed by atoms with van der Waals surface area (Å²) >= 11 is 0. The molecule has 5 nitrogen and oxygen atoms in total. The average Bonchev–Trinajstić information content (AvgIpc) is 2.65. The molecule has 0 heterocycles. The van der Waals surface area contributed by atoms with E-state index in [1.54, 1.807) is 24.3 Å². The molecule has 0 spiro atoms. The van der Waals surface area contributed by atoms with Crippen molar-refractivity contribution in [1.82, 2.24) is 0 Å². The lowest BCUT2D eigenvalue weighted by molar-refractivity contribution is 0.0549. The predicted molar refractivity (Wildman–Crippen MR) is 119 cm³/mol. The average molecular weight is 431 g/mol. The minimum absolute atomic E-state index is 0.252. The predicted octanol–water partition coefficient (Wildman–Crippen LogP) is 4.82. The molecule has 2 rings (SSSR count). The van der Waals surface area contributed by atoms with Crippen molar-refractivity contribution in [3.8, 4) is 0 Å². The highest BCUT2D eigenvalue weighted by Gasteiger charge is 2.35. The lowest BCUT2D eigenvalue weighted by atomic mass is 10.2. The first kappa shape index (κ1) is 23.1. The fourth-order valence-corrected chi connectivity index (χ4v) is 10.2. The minimum atomic E-state index is -2.28. The third kappa shape index (κ3) is 7.60. The van der Waals surface area contributed by atoms with E-state index in [2.05, 4.69) is 0 Å². The fourth-order valence-electron chi connectivity index (χ4n) is 2.83. The zero-order chi connectivity index (χ0) is 21.7. The van der Waals surface area contributed by atoms with Gasteiger partial charge in [0.15, 0.2) is 0 Å². The van der Waals surface area contributed by atoms with Crippen LogP contribution < -0.4 is 0 Å². The number of rotatable bonds is 8. The molecule has 0 amide bonds.